The van der Waals surface area contributed by atoms with E-state index in [1.54, 1.807) is 0 Å². The van der Waals surface area contributed by atoms with Gasteiger partial charge in [-0.1, -0.05) is 22.0 Å². The smallest absolute Gasteiger partial charge is 0.227 e. The van der Waals surface area contributed by atoms with E-state index in [9.17, 15) is 0 Å². The van der Waals surface area contributed by atoms with Gasteiger partial charge in [-0.3, -0.25) is 0 Å². The number of hydrogen-bond acceptors (Lipinski definition) is 4. The molecule has 2 N–H and O–H groups in total. The average molecular weight is 291 g/mol. The highest BCUT2D eigenvalue weighted by Crippen LogP contribution is 2.20. The van der Waals surface area contributed by atoms with Crippen LogP contribution in [0.3, 0.4) is 0 Å². The molecule has 0 aliphatic carbocycles. The van der Waals surface area contributed by atoms with E-state index in [1.807, 2.05) is 30.5 Å². The van der Waals surface area contributed by atoms with Gasteiger partial charge in [-0.25, -0.2) is 9.97 Å². The van der Waals surface area contributed by atoms with E-state index in [0.29, 0.717) is 5.95 Å². The van der Waals surface area contributed by atoms with Gasteiger partial charge in [-0.2, -0.15) is 0 Å². The average Bonchev–Trinajstić information content (AvgIpc) is 2.76. The molecule has 2 aromatic rings. The molecule has 1 aromatic carbocycles. The number of nitrogens with one attached hydrogen (secondary N) is 2. The van der Waals surface area contributed by atoms with Crippen molar-refractivity contribution in [2.45, 2.75) is 13.1 Å². The molecular weight excluding hydrogens is 280 g/mol. The van der Waals surface area contributed by atoms with Crippen molar-refractivity contribution in [2.24, 2.45) is 0 Å². The lowest BCUT2D eigenvalue weighted by Gasteiger charge is -2.06. The normalized spacial score (nSPS) is 13.5. The molecule has 0 saturated heterocycles. The Bertz CT molecular complexity index is 556. The van der Waals surface area contributed by atoms with Crippen molar-refractivity contribution in [3.63, 3.8) is 0 Å². The summed E-state index contributed by atoms with van der Waals surface area (Å²) in [6.07, 6.45) is 1.88. The minimum Gasteiger partial charge on any atom is -0.324 e. The highest BCUT2D eigenvalue weighted by atomic mass is 79.9. The Kier molecular flexibility index (Phi) is 2.78. The van der Waals surface area contributed by atoms with E-state index in [0.717, 1.165) is 28.9 Å². The number of hydrogen-bond donors (Lipinski definition) is 2. The molecule has 4 nitrogen and oxygen atoms in total. The number of halogens is 1. The molecule has 2 heterocycles. The summed E-state index contributed by atoms with van der Waals surface area (Å²) in [5, 5.41) is 6.44. The highest BCUT2D eigenvalue weighted by Gasteiger charge is 2.12. The molecule has 0 unspecified atom stereocenters. The number of anilines is 2. The van der Waals surface area contributed by atoms with Crippen LogP contribution in [0.2, 0.25) is 0 Å². The van der Waals surface area contributed by atoms with Crippen LogP contribution in [0.25, 0.3) is 0 Å². The van der Waals surface area contributed by atoms with Gasteiger partial charge in [0.2, 0.25) is 5.95 Å². The Labute approximate surface area is 108 Å². The van der Waals surface area contributed by atoms with Crippen LogP contribution in [-0.4, -0.2) is 9.97 Å². The fourth-order valence-corrected chi connectivity index (χ4v) is 2.21. The lowest BCUT2D eigenvalue weighted by Crippen LogP contribution is -2.01. The summed E-state index contributed by atoms with van der Waals surface area (Å²) in [6.45, 7) is 1.69. The van der Waals surface area contributed by atoms with Crippen LogP contribution in [0.15, 0.2) is 34.9 Å². The maximum atomic E-state index is 4.48. The zero-order chi connectivity index (χ0) is 11.7. The van der Waals surface area contributed by atoms with Crippen molar-refractivity contribution >= 4 is 27.6 Å². The predicted molar refractivity (Wildman–Crippen MR) is 70.0 cm³/mol. The fourth-order valence-electron chi connectivity index (χ4n) is 1.81. The van der Waals surface area contributed by atoms with Crippen LogP contribution in [0, 0.1) is 0 Å². The summed E-state index contributed by atoms with van der Waals surface area (Å²) < 4.78 is 1.03. The Morgan fingerprint density at radius 2 is 2.24 bits per heavy atom. The molecule has 86 valence electrons. The second-order valence-electron chi connectivity index (χ2n) is 3.90. The second-order valence-corrected chi connectivity index (χ2v) is 4.82. The molecule has 0 bridgehead atoms. The van der Waals surface area contributed by atoms with Crippen LogP contribution in [0.5, 0.6) is 0 Å². The molecule has 1 aromatic heterocycles. The largest absolute Gasteiger partial charge is 0.324 e. The third-order valence-corrected chi connectivity index (χ3v) is 3.14. The summed E-state index contributed by atoms with van der Waals surface area (Å²) in [6, 6.07) is 7.94. The topological polar surface area (TPSA) is 49.8 Å². The third-order valence-electron chi connectivity index (χ3n) is 2.64. The molecular formula is C12H11BrN4. The molecule has 5 heteroatoms. The predicted octanol–water partition coefficient (Wildman–Crippen LogP) is 2.59. The minimum absolute atomic E-state index is 0.644. The molecule has 0 saturated carbocycles. The van der Waals surface area contributed by atoms with E-state index < -0.39 is 0 Å². The van der Waals surface area contributed by atoms with E-state index >= 15 is 0 Å². The number of benzene rings is 1. The SMILES string of the molecule is Brc1cccc(Nc2ncc3c(n2)CNC3)c1. The Morgan fingerprint density at radius 1 is 1.29 bits per heavy atom. The molecule has 3 rings (SSSR count). The van der Waals surface area contributed by atoms with E-state index in [2.05, 4.69) is 36.5 Å². The standard InChI is InChI=1S/C12H11BrN4/c13-9-2-1-3-10(4-9)16-12-15-6-8-5-14-7-11(8)17-12/h1-4,6,14H,5,7H2,(H,15,16,17). The molecule has 0 fully saturated rings. The lowest BCUT2D eigenvalue weighted by molar-refractivity contribution is 0.758. The first-order valence-corrected chi connectivity index (χ1v) is 6.19. The Balaban J connectivity index is 1.86. The van der Waals surface area contributed by atoms with E-state index in [-0.39, 0.29) is 0 Å². The number of rotatable bonds is 2. The zero-order valence-corrected chi connectivity index (χ0v) is 10.7. The van der Waals surface area contributed by atoms with Gasteiger partial charge in [0.25, 0.3) is 0 Å². The van der Waals surface area contributed by atoms with Gasteiger partial charge in [-0.15, -0.1) is 0 Å². The Morgan fingerprint density at radius 3 is 3.12 bits per heavy atom. The van der Waals surface area contributed by atoms with Gasteiger partial charge in [0.05, 0.1) is 5.69 Å². The van der Waals surface area contributed by atoms with Crippen LogP contribution >= 0.6 is 15.9 Å². The quantitative estimate of drug-likeness (QED) is 0.893. The van der Waals surface area contributed by atoms with Gasteiger partial charge in [0.1, 0.15) is 0 Å². The van der Waals surface area contributed by atoms with Gasteiger partial charge in [0.15, 0.2) is 0 Å². The van der Waals surface area contributed by atoms with E-state index in [1.165, 1.54) is 5.56 Å². The van der Waals surface area contributed by atoms with Crippen molar-refractivity contribution in [3.8, 4) is 0 Å². The number of nitrogens with zero attached hydrogens (tertiary/aromatic N) is 2. The summed E-state index contributed by atoms with van der Waals surface area (Å²) >= 11 is 3.43. The van der Waals surface area contributed by atoms with Crippen LogP contribution < -0.4 is 10.6 Å². The third kappa shape index (κ3) is 2.30. The van der Waals surface area contributed by atoms with Crippen LogP contribution in [-0.2, 0) is 13.1 Å². The number of aromatic nitrogens is 2. The molecule has 0 amide bonds. The maximum Gasteiger partial charge on any atom is 0.227 e. The molecule has 0 atom stereocenters. The first-order chi connectivity index (χ1) is 8.31. The van der Waals surface area contributed by atoms with Gasteiger partial charge in [0, 0.05) is 35.0 Å². The summed E-state index contributed by atoms with van der Waals surface area (Å²) in [7, 11) is 0. The minimum atomic E-state index is 0.644. The monoisotopic (exact) mass is 290 g/mol. The van der Waals surface area contributed by atoms with Crippen LogP contribution in [0.1, 0.15) is 11.3 Å². The molecule has 1 aliphatic heterocycles. The fraction of sp³-hybridized carbons (Fsp3) is 0.167. The summed E-state index contributed by atoms with van der Waals surface area (Å²) in [4.78, 5) is 8.78. The van der Waals surface area contributed by atoms with Gasteiger partial charge >= 0.3 is 0 Å². The number of fused-ring (bicyclic) bond motifs is 1. The zero-order valence-electron chi connectivity index (χ0n) is 9.07. The van der Waals surface area contributed by atoms with Gasteiger partial charge in [-0.05, 0) is 18.2 Å². The Hall–Kier alpha value is -1.46. The van der Waals surface area contributed by atoms with Crippen molar-refractivity contribution < 1.29 is 0 Å². The first-order valence-electron chi connectivity index (χ1n) is 5.39. The van der Waals surface area contributed by atoms with Crippen molar-refractivity contribution in [1.29, 1.82) is 0 Å². The molecule has 17 heavy (non-hydrogen) atoms. The highest BCUT2D eigenvalue weighted by molar-refractivity contribution is 9.10. The summed E-state index contributed by atoms with van der Waals surface area (Å²) in [5.41, 5.74) is 3.24. The van der Waals surface area contributed by atoms with Gasteiger partial charge < -0.3 is 10.6 Å². The van der Waals surface area contributed by atoms with Crippen molar-refractivity contribution in [3.05, 3.63) is 46.2 Å². The molecule has 0 spiro atoms. The maximum absolute atomic E-state index is 4.48. The van der Waals surface area contributed by atoms with Crippen molar-refractivity contribution in [2.75, 3.05) is 5.32 Å². The molecule has 1 aliphatic rings. The van der Waals surface area contributed by atoms with E-state index in [4.69, 9.17) is 0 Å². The first kappa shape index (κ1) is 10.7. The molecule has 0 radical (unpaired) electrons. The lowest BCUT2D eigenvalue weighted by atomic mass is 10.3. The second kappa shape index (κ2) is 4.43. The van der Waals surface area contributed by atoms with Crippen molar-refractivity contribution in [1.82, 2.24) is 15.3 Å². The van der Waals surface area contributed by atoms with Crippen LogP contribution in [0.4, 0.5) is 11.6 Å². The summed E-state index contributed by atoms with van der Waals surface area (Å²) in [5.74, 6) is 0.644.